The highest BCUT2D eigenvalue weighted by Crippen LogP contribution is 2.32. The van der Waals surface area contributed by atoms with Crippen LogP contribution >= 0.6 is 0 Å². The second-order valence-corrected chi connectivity index (χ2v) is 4.00. The van der Waals surface area contributed by atoms with Crippen LogP contribution in [0.3, 0.4) is 0 Å². The minimum absolute atomic E-state index is 0.315. The van der Waals surface area contributed by atoms with Gasteiger partial charge in [-0.15, -0.1) is 0 Å². The number of rotatable bonds is 3. The number of nitrogens with two attached hydrogens (primary N) is 1. The van der Waals surface area contributed by atoms with Crippen LogP contribution < -0.4 is 5.73 Å². The third kappa shape index (κ3) is 1.94. The van der Waals surface area contributed by atoms with Gasteiger partial charge in [0.15, 0.2) is 0 Å². The Labute approximate surface area is 69.8 Å². The first kappa shape index (κ1) is 9.01. The van der Waals surface area contributed by atoms with Crippen LogP contribution in [0.15, 0.2) is 0 Å². The molecule has 0 aromatic rings. The van der Waals surface area contributed by atoms with E-state index in [1.807, 2.05) is 0 Å². The zero-order valence-corrected chi connectivity index (χ0v) is 7.88. The summed E-state index contributed by atoms with van der Waals surface area (Å²) < 4.78 is 0. The zero-order chi connectivity index (χ0) is 8.43. The van der Waals surface area contributed by atoms with Gasteiger partial charge in [-0.1, -0.05) is 6.42 Å². The predicted molar refractivity (Wildman–Crippen MR) is 48.5 cm³/mol. The van der Waals surface area contributed by atoms with Crippen molar-refractivity contribution in [3.8, 4) is 0 Å². The summed E-state index contributed by atoms with van der Waals surface area (Å²) in [6, 6.07) is 0.916. The Morgan fingerprint density at radius 2 is 1.91 bits per heavy atom. The van der Waals surface area contributed by atoms with E-state index in [0.717, 1.165) is 5.92 Å². The molecule has 2 nitrogen and oxygen atoms in total. The Bertz CT molecular complexity index is 109. The molecule has 0 spiro atoms. The molecule has 0 amide bonds. The minimum atomic E-state index is 0.315. The van der Waals surface area contributed by atoms with Crippen LogP contribution in [0.4, 0.5) is 0 Å². The molecule has 0 bridgehead atoms. The molecule has 0 aromatic carbocycles. The lowest BCUT2D eigenvalue weighted by Crippen LogP contribution is -2.49. The SMILES string of the molecule is CC(N)C(C1CCC1)N(C)C. The highest BCUT2D eigenvalue weighted by molar-refractivity contribution is 4.87. The molecule has 1 saturated carbocycles. The summed E-state index contributed by atoms with van der Waals surface area (Å²) in [5.41, 5.74) is 5.91. The summed E-state index contributed by atoms with van der Waals surface area (Å²) in [5, 5.41) is 0. The summed E-state index contributed by atoms with van der Waals surface area (Å²) >= 11 is 0. The molecule has 2 atom stereocenters. The molecule has 1 fully saturated rings. The van der Waals surface area contributed by atoms with E-state index >= 15 is 0 Å². The maximum Gasteiger partial charge on any atom is 0.0266 e. The highest BCUT2D eigenvalue weighted by atomic mass is 15.1. The summed E-state index contributed by atoms with van der Waals surface area (Å²) in [7, 11) is 4.26. The fourth-order valence-electron chi connectivity index (χ4n) is 2.10. The lowest BCUT2D eigenvalue weighted by molar-refractivity contribution is 0.123. The standard InChI is InChI=1S/C9H20N2/c1-7(10)9(11(2)3)8-5-4-6-8/h7-9H,4-6,10H2,1-3H3. The van der Waals surface area contributed by atoms with E-state index in [2.05, 4.69) is 25.9 Å². The van der Waals surface area contributed by atoms with Gasteiger partial charge in [0.2, 0.25) is 0 Å². The molecule has 0 heterocycles. The van der Waals surface area contributed by atoms with Crippen molar-refractivity contribution >= 4 is 0 Å². The van der Waals surface area contributed by atoms with Gasteiger partial charge in [0.05, 0.1) is 0 Å². The normalized spacial score (nSPS) is 24.8. The van der Waals surface area contributed by atoms with E-state index in [-0.39, 0.29) is 0 Å². The van der Waals surface area contributed by atoms with E-state index in [1.54, 1.807) is 0 Å². The number of likely N-dealkylation sites (N-methyl/N-ethyl adjacent to an activating group) is 1. The van der Waals surface area contributed by atoms with Crippen LogP contribution in [-0.2, 0) is 0 Å². The van der Waals surface area contributed by atoms with Crippen LogP contribution in [0.2, 0.25) is 0 Å². The van der Waals surface area contributed by atoms with Crippen molar-refractivity contribution in [2.75, 3.05) is 14.1 Å². The molecule has 1 rings (SSSR count). The number of nitrogens with zero attached hydrogens (tertiary/aromatic N) is 1. The van der Waals surface area contributed by atoms with Crippen LogP contribution in [0, 0.1) is 5.92 Å². The number of hydrogen-bond acceptors (Lipinski definition) is 2. The topological polar surface area (TPSA) is 29.3 Å². The van der Waals surface area contributed by atoms with Crippen molar-refractivity contribution in [2.24, 2.45) is 11.7 Å². The second-order valence-electron chi connectivity index (χ2n) is 4.00. The van der Waals surface area contributed by atoms with Gasteiger partial charge in [-0.25, -0.2) is 0 Å². The van der Waals surface area contributed by atoms with Crippen LogP contribution in [-0.4, -0.2) is 31.1 Å². The van der Waals surface area contributed by atoms with Crippen molar-refractivity contribution in [3.63, 3.8) is 0 Å². The monoisotopic (exact) mass is 156 g/mol. The van der Waals surface area contributed by atoms with E-state index < -0.39 is 0 Å². The minimum Gasteiger partial charge on any atom is -0.327 e. The maximum atomic E-state index is 5.91. The third-order valence-electron chi connectivity index (χ3n) is 2.77. The fourth-order valence-corrected chi connectivity index (χ4v) is 2.10. The van der Waals surface area contributed by atoms with Gasteiger partial charge < -0.3 is 10.6 Å². The average molecular weight is 156 g/mol. The third-order valence-corrected chi connectivity index (χ3v) is 2.77. The van der Waals surface area contributed by atoms with E-state index in [1.165, 1.54) is 19.3 Å². The zero-order valence-electron chi connectivity index (χ0n) is 7.88. The van der Waals surface area contributed by atoms with Gasteiger partial charge in [0.25, 0.3) is 0 Å². The van der Waals surface area contributed by atoms with Crippen LogP contribution in [0.1, 0.15) is 26.2 Å². The second kappa shape index (κ2) is 3.55. The van der Waals surface area contributed by atoms with E-state index in [4.69, 9.17) is 5.73 Å². The summed E-state index contributed by atoms with van der Waals surface area (Å²) in [5.74, 6) is 0.866. The molecule has 0 radical (unpaired) electrons. The largest absolute Gasteiger partial charge is 0.327 e. The van der Waals surface area contributed by atoms with Crippen molar-refractivity contribution < 1.29 is 0 Å². The molecule has 1 aliphatic carbocycles. The molecule has 0 aliphatic heterocycles. The molecule has 2 unspecified atom stereocenters. The summed E-state index contributed by atoms with van der Waals surface area (Å²) in [6.45, 7) is 2.11. The van der Waals surface area contributed by atoms with E-state index in [0.29, 0.717) is 12.1 Å². The molecule has 2 heteroatoms. The molecule has 11 heavy (non-hydrogen) atoms. The van der Waals surface area contributed by atoms with Gasteiger partial charge in [0, 0.05) is 12.1 Å². The Balaban J connectivity index is 2.44. The molecule has 1 aliphatic rings. The summed E-state index contributed by atoms with van der Waals surface area (Å²) in [4.78, 5) is 2.27. The Morgan fingerprint density at radius 3 is 2.00 bits per heavy atom. The van der Waals surface area contributed by atoms with Crippen LogP contribution in [0.5, 0.6) is 0 Å². The lowest BCUT2D eigenvalue weighted by atomic mass is 9.77. The van der Waals surface area contributed by atoms with Gasteiger partial charge >= 0.3 is 0 Å². The first-order valence-corrected chi connectivity index (χ1v) is 4.55. The van der Waals surface area contributed by atoms with Crippen molar-refractivity contribution in [1.82, 2.24) is 4.90 Å². The van der Waals surface area contributed by atoms with Gasteiger partial charge in [-0.05, 0) is 39.8 Å². The lowest BCUT2D eigenvalue weighted by Gasteiger charge is -2.40. The number of hydrogen-bond donors (Lipinski definition) is 1. The summed E-state index contributed by atoms with van der Waals surface area (Å²) in [6.07, 6.45) is 4.16. The molecule has 2 N–H and O–H groups in total. The van der Waals surface area contributed by atoms with Crippen molar-refractivity contribution in [2.45, 2.75) is 38.3 Å². The molecule has 66 valence electrons. The molecular weight excluding hydrogens is 136 g/mol. The van der Waals surface area contributed by atoms with Crippen LogP contribution in [0.25, 0.3) is 0 Å². The first-order chi connectivity index (χ1) is 5.13. The maximum absolute atomic E-state index is 5.91. The molecular formula is C9H20N2. The highest BCUT2D eigenvalue weighted by Gasteiger charge is 2.30. The smallest absolute Gasteiger partial charge is 0.0266 e. The average Bonchev–Trinajstić information content (AvgIpc) is 1.75. The Kier molecular flexibility index (Phi) is 2.90. The Morgan fingerprint density at radius 1 is 1.36 bits per heavy atom. The van der Waals surface area contributed by atoms with Gasteiger partial charge in [0.1, 0.15) is 0 Å². The van der Waals surface area contributed by atoms with Gasteiger partial charge in [-0.2, -0.15) is 0 Å². The van der Waals surface area contributed by atoms with Gasteiger partial charge in [-0.3, -0.25) is 0 Å². The van der Waals surface area contributed by atoms with Crippen molar-refractivity contribution in [1.29, 1.82) is 0 Å². The first-order valence-electron chi connectivity index (χ1n) is 4.55. The van der Waals surface area contributed by atoms with Crippen molar-refractivity contribution in [3.05, 3.63) is 0 Å². The fraction of sp³-hybridized carbons (Fsp3) is 1.00. The van der Waals surface area contributed by atoms with E-state index in [9.17, 15) is 0 Å². The molecule has 0 saturated heterocycles. The quantitative estimate of drug-likeness (QED) is 0.662. The molecule has 0 aromatic heterocycles. The Hall–Kier alpha value is -0.0800. The predicted octanol–water partition coefficient (Wildman–Crippen LogP) is 1.06.